The molecule has 0 aromatic heterocycles. The van der Waals surface area contributed by atoms with E-state index in [0.717, 1.165) is 5.92 Å². The van der Waals surface area contributed by atoms with E-state index in [1.165, 1.54) is 38.5 Å². The molecular formula is C14H34. The van der Waals surface area contributed by atoms with Crippen LogP contribution in [-0.4, -0.2) is 0 Å². The minimum absolute atomic E-state index is 1.04. The smallest absolute Gasteiger partial charge is 0.0443 e. The third kappa shape index (κ3) is 22.7. The zero-order chi connectivity index (χ0) is 11.8. The van der Waals surface area contributed by atoms with E-state index in [9.17, 15) is 0 Å². The lowest BCUT2D eigenvalue weighted by Crippen LogP contribution is -1.99. The highest BCUT2D eigenvalue weighted by molar-refractivity contribution is 4.59. The summed E-state index contributed by atoms with van der Waals surface area (Å²) in [4.78, 5) is 0. The van der Waals surface area contributed by atoms with E-state index < -0.39 is 0 Å². The Morgan fingerprint density at radius 3 is 1.21 bits per heavy atom. The van der Waals surface area contributed by atoms with E-state index in [-0.39, 0.29) is 0 Å². The molecule has 1 saturated carbocycles. The lowest BCUT2D eigenvalue weighted by atomic mass is 9.91. The molecule has 0 amide bonds. The van der Waals surface area contributed by atoms with E-state index in [4.69, 9.17) is 0 Å². The van der Waals surface area contributed by atoms with Gasteiger partial charge < -0.3 is 0 Å². The van der Waals surface area contributed by atoms with Crippen molar-refractivity contribution in [2.24, 2.45) is 5.92 Å². The van der Waals surface area contributed by atoms with Crippen LogP contribution in [0.4, 0.5) is 0 Å². The van der Waals surface area contributed by atoms with Crippen LogP contribution in [-0.2, 0) is 0 Å². The quantitative estimate of drug-likeness (QED) is 0.448. The zero-order valence-electron chi connectivity index (χ0n) is 11.8. The van der Waals surface area contributed by atoms with E-state index in [1.807, 2.05) is 27.7 Å². The van der Waals surface area contributed by atoms with Crippen molar-refractivity contribution in [1.82, 2.24) is 0 Å². The Bertz CT molecular complexity index is 51.1. The molecule has 0 spiro atoms. The van der Waals surface area contributed by atoms with Gasteiger partial charge in [0.2, 0.25) is 0 Å². The Morgan fingerprint density at radius 2 is 1.07 bits per heavy atom. The van der Waals surface area contributed by atoms with Crippen LogP contribution in [0.2, 0.25) is 0 Å². The van der Waals surface area contributed by atoms with Crippen molar-refractivity contribution < 1.29 is 0 Å². The maximum Gasteiger partial charge on any atom is -0.0443 e. The molecule has 0 heteroatoms. The minimum atomic E-state index is 1.04. The van der Waals surface area contributed by atoms with Gasteiger partial charge in [0.15, 0.2) is 0 Å². The van der Waals surface area contributed by atoms with Gasteiger partial charge in [0.1, 0.15) is 0 Å². The Labute approximate surface area is 93.5 Å². The third-order valence-electron chi connectivity index (χ3n) is 1.89. The fourth-order valence-electron chi connectivity index (χ4n) is 1.31. The molecule has 0 bridgehead atoms. The standard InChI is InChI=1S/C7H14.C3H8.2C2H6/c1-7-5-3-2-4-6-7;1-3-2;2*1-2/h7H,2-6H2,1H3;3H2,1-2H3;2*1-2H3. The summed E-state index contributed by atoms with van der Waals surface area (Å²) in [5.74, 6) is 1.04. The van der Waals surface area contributed by atoms with Crippen molar-refractivity contribution in [3.8, 4) is 0 Å². The van der Waals surface area contributed by atoms with E-state index in [2.05, 4.69) is 20.8 Å². The van der Waals surface area contributed by atoms with Gasteiger partial charge in [0, 0.05) is 0 Å². The van der Waals surface area contributed by atoms with Crippen LogP contribution in [0.5, 0.6) is 0 Å². The summed E-state index contributed by atoms with van der Waals surface area (Å²) < 4.78 is 0. The average molecular weight is 202 g/mol. The topological polar surface area (TPSA) is 0 Å². The summed E-state index contributed by atoms with van der Waals surface area (Å²) in [6, 6.07) is 0. The van der Waals surface area contributed by atoms with Crippen molar-refractivity contribution in [3.63, 3.8) is 0 Å². The van der Waals surface area contributed by atoms with Gasteiger partial charge in [0.25, 0.3) is 0 Å². The van der Waals surface area contributed by atoms with Crippen LogP contribution in [0.3, 0.4) is 0 Å². The van der Waals surface area contributed by atoms with Gasteiger partial charge in [-0.05, 0) is 5.92 Å². The van der Waals surface area contributed by atoms with Crippen LogP contribution in [0.25, 0.3) is 0 Å². The van der Waals surface area contributed by atoms with Gasteiger partial charge in [-0.1, -0.05) is 87.0 Å². The van der Waals surface area contributed by atoms with E-state index in [1.54, 1.807) is 0 Å². The summed E-state index contributed by atoms with van der Waals surface area (Å²) in [5.41, 5.74) is 0. The lowest BCUT2D eigenvalue weighted by molar-refractivity contribution is 0.385. The summed E-state index contributed by atoms with van der Waals surface area (Å²) in [6.07, 6.45) is 8.69. The Kier molecular flexibility index (Phi) is 32.3. The van der Waals surface area contributed by atoms with Crippen LogP contribution >= 0.6 is 0 Å². The second kappa shape index (κ2) is 23.1. The first kappa shape index (κ1) is 19.6. The second-order valence-corrected chi connectivity index (χ2v) is 3.45. The van der Waals surface area contributed by atoms with Crippen LogP contribution in [0.1, 0.15) is 87.0 Å². The molecule has 1 rings (SSSR count). The van der Waals surface area contributed by atoms with Crippen molar-refractivity contribution in [3.05, 3.63) is 0 Å². The van der Waals surface area contributed by atoms with Gasteiger partial charge in [-0.25, -0.2) is 0 Å². The summed E-state index contributed by atoms with van der Waals surface area (Å²) in [7, 11) is 0. The molecular weight excluding hydrogens is 168 g/mol. The van der Waals surface area contributed by atoms with Gasteiger partial charge in [-0.15, -0.1) is 0 Å². The van der Waals surface area contributed by atoms with Crippen LogP contribution in [0.15, 0.2) is 0 Å². The highest BCUT2D eigenvalue weighted by Crippen LogP contribution is 2.21. The molecule has 1 aliphatic rings. The molecule has 0 aliphatic heterocycles. The Hall–Kier alpha value is 0. The van der Waals surface area contributed by atoms with E-state index >= 15 is 0 Å². The molecule has 1 aliphatic carbocycles. The molecule has 0 nitrogen and oxygen atoms in total. The highest BCUT2D eigenvalue weighted by atomic mass is 14.1. The maximum absolute atomic E-state index is 2.36. The second-order valence-electron chi connectivity index (χ2n) is 3.45. The first-order valence-corrected chi connectivity index (χ1v) is 6.81. The molecule has 14 heavy (non-hydrogen) atoms. The van der Waals surface area contributed by atoms with Gasteiger partial charge in [-0.3, -0.25) is 0 Å². The maximum atomic E-state index is 2.36. The SMILES string of the molecule is CC.CC.CC1CCCCC1.CCC. The summed E-state index contributed by atoms with van der Waals surface area (Å²) in [6.45, 7) is 14.6. The first-order chi connectivity index (χ1) is 6.81. The number of hydrogen-bond donors (Lipinski definition) is 0. The van der Waals surface area contributed by atoms with Gasteiger partial charge >= 0.3 is 0 Å². The van der Waals surface area contributed by atoms with Crippen molar-refractivity contribution >= 4 is 0 Å². The third-order valence-corrected chi connectivity index (χ3v) is 1.89. The Morgan fingerprint density at radius 1 is 0.786 bits per heavy atom. The van der Waals surface area contributed by atoms with Crippen LogP contribution < -0.4 is 0 Å². The largest absolute Gasteiger partial charge is 0.0683 e. The molecule has 0 unspecified atom stereocenters. The summed E-state index contributed by atoms with van der Waals surface area (Å²) >= 11 is 0. The van der Waals surface area contributed by atoms with Gasteiger partial charge in [0.05, 0.1) is 0 Å². The Balaban J connectivity index is -0.000000148. The monoisotopic (exact) mass is 202 g/mol. The minimum Gasteiger partial charge on any atom is -0.0683 e. The predicted octanol–water partition coefficient (Wildman–Crippen LogP) is 6.06. The zero-order valence-corrected chi connectivity index (χ0v) is 11.8. The number of rotatable bonds is 0. The molecule has 0 aromatic rings. The molecule has 0 radical (unpaired) electrons. The van der Waals surface area contributed by atoms with Crippen LogP contribution in [0, 0.1) is 5.92 Å². The molecule has 0 atom stereocenters. The van der Waals surface area contributed by atoms with Crippen molar-refractivity contribution in [2.75, 3.05) is 0 Å². The predicted molar refractivity (Wildman–Crippen MR) is 70.9 cm³/mol. The lowest BCUT2D eigenvalue weighted by Gasteiger charge is -2.15. The first-order valence-electron chi connectivity index (χ1n) is 6.81. The van der Waals surface area contributed by atoms with Crippen molar-refractivity contribution in [1.29, 1.82) is 0 Å². The molecule has 0 N–H and O–H groups in total. The number of hydrogen-bond acceptors (Lipinski definition) is 0. The normalized spacial score (nSPS) is 14.8. The van der Waals surface area contributed by atoms with Gasteiger partial charge in [-0.2, -0.15) is 0 Å². The van der Waals surface area contributed by atoms with E-state index in [0.29, 0.717) is 0 Å². The fourth-order valence-corrected chi connectivity index (χ4v) is 1.31. The molecule has 0 saturated heterocycles. The average Bonchev–Trinajstić information content (AvgIpc) is 2.26. The van der Waals surface area contributed by atoms with Crippen molar-refractivity contribution in [2.45, 2.75) is 87.0 Å². The molecule has 0 heterocycles. The molecule has 0 aromatic carbocycles. The highest BCUT2D eigenvalue weighted by Gasteiger charge is 2.05. The summed E-state index contributed by atoms with van der Waals surface area (Å²) in [5, 5.41) is 0. The molecule has 90 valence electrons. The molecule has 1 fully saturated rings. The fraction of sp³-hybridized carbons (Fsp3) is 1.00.